The fourth-order valence-electron chi connectivity index (χ4n) is 3.00. The molecule has 9 heteroatoms. The second kappa shape index (κ2) is 7.74. The summed E-state index contributed by atoms with van der Waals surface area (Å²) in [6.45, 7) is 1.80. The molecule has 0 aromatic heterocycles. The number of benzene rings is 2. The molecule has 144 valence electrons. The van der Waals surface area contributed by atoms with Gasteiger partial charge in [-0.15, -0.1) is 0 Å². The maximum atomic E-state index is 13.9. The quantitative estimate of drug-likeness (QED) is 0.839. The van der Waals surface area contributed by atoms with Gasteiger partial charge in [-0.1, -0.05) is 23.7 Å². The number of piperazine rings is 1. The molecule has 6 nitrogen and oxygen atoms in total. The molecule has 1 fully saturated rings. The van der Waals surface area contributed by atoms with E-state index in [1.54, 1.807) is 23.1 Å². The standard InChI is InChI=1S/C18H19ClFN3O3S/c1-27(25,26)21-13-6-7-15(19)14(12-13)18(24)23-10-8-22(9-11-23)17-5-3-2-4-16(17)20/h2-7,12,21H,8-11H2,1H3. The number of nitrogens with zero attached hydrogens (tertiary/aromatic N) is 2. The van der Waals surface area contributed by atoms with E-state index in [9.17, 15) is 17.6 Å². The third-order valence-electron chi connectivity index (χ3n) is 4.26. The minimum absolute atomic E-state index is 0.227. The van der Waals surface area contributed by atoms with E-state index < -0.39 is 10.0 Å². The number of nitrogens with one attached hydrogen (secondary N) is 1. The summed E-state index contributed by atoms with van der Waals surface area (Å²) in [7, 11) is -3.46. The highest BCUT2D eigenvalue weighted by atomic mass is 35.5. The van der Waals surface area contributed by atoms with Gasteiger partial charge in [0.2, 0.25) is 10.0 Å². The maximum Gasteiger partial charge on any atom is 0.255 e. The number of para-hydroxylation sites is 1. The lowest BCUT2D eigenvalue weighted by atomic mass is 10.1. The number of rotatable bonds is 4. The Balaban J connectivity index is 1.72. The SMILES string of the molecule is CS(=O)(=O)Nc1ccc(Cl)c(C(=O)N2CCN(c3ccccc3F)CC2)c1. The third-order valence-corrected chi connectivity index (χ3v) is 5.20. The van der Waals surface area contributed by atoms with Crippen molar-refractivity contribution in [1.29, 1.82) is 0 Å². The van der Waals surface area contributed by atoms with Gasteiger partial charge in [-0.05, 0) is 30.3 Å². The minimum atomic E-state index is -3.46. The van der Waals surface area contributed by atoms with Crippen LogP contribution < -0.4 is 9.62 Å². The Bertz CT molecular complexity index is 960. The van der Waals surface area contributed by atoms with E-state index in [1.807, 2.05) is 4.90 Å². The van der Waals surface area contributed by atoms with Crippen molar-refractivity contribution in [3.8, 4) is 0 Å². The van der Waals surface area contributed by atoms with Gasteiger partial charge in [0, 0.05) is 31.9 Å². The molecule has 0 saturated carbocycles. The number of amides is 1. The Kier molecular flexibility index (Phi) is 5.57. The molecule has 0 bridgehead atoms. The number of sulfonamides is 1. The predicted octanol–water partition coefficient (Wildman–Crippen LogP) is 2.81. The molecule has 1 aliphatic rings. The molecule has 0 atom stereocenters. The van der Waals surface area contributed by atoms with Crippen LogP contribution in [0.5, 0.6) is 0 Å². The fourth-order valence-corrected chi connectivity index (χ4v) is 3.75. The first kappa shape index (κ1) is 19.4. The topological polar surface area (TPSA) is 69.7 Å². The molecule has 0 unspecified atom stereocenters. The summed E-state index contributed by atoms with van der Waals surface area (Å²) in [4.78, 5) is 16.3. The van der Waals surface area contributed by atoms with Crippen LogP contribution in [0.25, 0.3) is 0 Å². The van der Waals surface area contributed by atoms with Gasteiger partial charge in [0.15, 0.2) is 0 Å². The summed E-state index contributed by atoms with van der Waals surface area (Å²) >= 11 is 6.14. The normalized spacial score (nSPS) is 14.9. The molecule has 1 aliphatic heterocycles. The number of hydrogen-bond donors (Lipinski definition) is 1. The molecule has 0 spiro atoms. The largest absolute Gasteiger partial charge is 0.366 e. The van der Waals surface area contributed by atoms with Crippen molar-refractivity contribution in [3.63, 3.8) is 0 Å². The molecule has 1 saturated heterocycles. The first-order chi connectivity index (χ1) is 12.7. The van der Waals surface area contributed by atoms with Gasteiger partial charge in [0.05, 0.1) is 22.5 Å². The predicted molar refractivity (Wildman–Crippen MR) is 104 cm³/mol. The molecule has 0 radical (unpaired) electrons. The van der Waals surface area contributed by atoms with Crippen molar-refractivity contribution in [2.75, 3.05) is 42.1 Å². The molecule has 27 heavy (non-hydrogen) atoms. The van der Waals surface area contributed by atoms with Crippen LogP contribution in [-0.2, 0) is 10.0 Å². The number of halogens is 2. The first-order valence-corrected chi connectivity index (χ1v) is 10.6. The minimum Gasteiger partial charge on any atom is -0.366 e. The van der Waals surface area contributed by atoms with Crippen LogP contribution >= 0.6 is 11.6 Å². The highest BCUT2D eigenvalue weighted by molar-refractivity contribution is 7.92. The first-order valence-electron chi connectivity index (χ1n) is 8.31. The highest BCUT2D eigenvalue weighted by Crippen LogP contribution is 2.25. The molecular formula is C18H19ClFN3O3S. The molecule has 1 N–H and O–H groups in total. The molecule has 1 amide bonds. The van der Waals surface area contributed by atoms with Gasteiger partial charge >= 0.3 is 0 Å². The Morgan fingerprint density at radius 1 is 1.11 bits per heavy atom. The van der Waals surface area contributed by atoms with Gasteiger partial charge < -0.3 is 9.80 Å². The Morgan fingerprint density at radius 2 is 1.78 bits per heavy atom. The average Bonchev–Trinajstić information content (AvgIpc) is 2.62. The summed E-state index contributed by atoms with van der Waals surface area (Å²) in [5.41, 5.74) is 1.02. The van der Waals surface area contributed by atoms with Crippen molar-refractivity contribution >= 4 is 38.9 Å². The van der Waals surface area contributed by atoms with E-state index in [2.05, 4.69) is 4.72 Å². The third kappa shape index (κ3) is 4.70. The molecule has 1 heterocycles. The van der Waals surface area contributed by atoms with Gasteiger partial charge in [-0.2, -0.15) is 0 Å². The van der Waals surface area contributed by atoms with Gasteiger partial charge in [-0.25, -0.2) is 12.8 Å². The Hall–Kier alpha value is -2.32. The average molecular weight is 412 g/mol. The second-order valence-corrected chi connectivity index (χ2v) is 8.46. The van der Waals surface area contributed by atoms with Gasteiger partial charge in [-0.3, -0.25) is 9.52 Å². The van der Waals surface area contributed by atoms with Crippen LogP contribution in [0.15, 0.2) is 42.5 Å². The zero-order valence-corrected chi connectivity index (χ0v) is 16.2. The van der Waals surface area contributed by atoms with Crippen LogP contribution in [0.3, 0.4) is 0 Å². The second-order valence-electron chi connectivity index (χ2n) is 6.30. The number of anilines is 2. The maximum absolute atomic E-state index is 13.9. The van der Waals surface area contributed by atoms with Crippen LogP contribution in [0.4, 0.5) is 15.8 Å². The highest BCUT2D eigenvalue weighted by Gasteiger charge is 2.25. The lowest BCUT2D eigenvalue weighted by Gasteiger charge is -2.36. The molecular weight excluding hydrogens is 393 g/mol. The monoisotopic (exact) mass is 411 g/mol. The fraction of sp³-hybridized carbons (Fsp3) is 0.278. The van der Waals surface area contributed by atoms with Crippen LogP contribution in [0.1, 0.15) is 10.4 Å². The van der Waals surface area contributed by atoms with Crippen molar-refractivity contribution < 1.29 is 17.6 Å². The number of carbonyl (C=O) groups is 1. The summed E-state index contributed by atoms with van der Waals surface area (Å²) in [5.74, 6) is -0.579. The summed E-state index contributed by atoms with van der Waals surface area (Å²) in [6.07, 6.45) is 1.03. The van der Waals surface area contributed by atoms with Gasteiger partial charge in [0.25, 0.3) is 5.91 Å². The molecule has 3 rings (SSSR count). The van der Waals surface area contributed by atoms with Crippen molar-refractivity contribution in [2.24, 2.45) is 0 Å². The summed E-state index contributed by atoms with van der Waals surface area (Å²) in [6, 6.07) is 10.9. The Morgan fingerprint density at radius 3 is 2.41 bits per heavy atom. The summed E-state index contributed by atoms with van der Waals surface area (Å²) in [5, 5.41) is 0.246. The van der Waals surface area contributed by atoms with E-state index in [4.69, 9.17) is 11.6 Å². The molecule has 2 aromatic carbocycles. The van der Waals surface area contributed by atoms with Gasteiger partial charge in [0.1, 0.15) is 5.82 Å². The van der Waals surface area contributed by atoms with E-state index in [0.717, 1.165) is 6.26 Å². The van der Waals surface area contributed by atoms with E-state index in [-0.39, 0.29) is 28.0 Å². The Labute approximate surface area is 162 Å². The van der Waals surface area contributed by atoms with E-state index >= 15 is 0 Å². The number of hydrogen-bond acceptors (Lipinski definition) is 4. The molecule has 2 aromatic rings. The lowest BCUT2D eigenvalue weighted by Crippen LogP contribution is -2.49. The van der Waals surface area contributed by atoms with E-state index in [0.29, 0.717) is 31.9 Å². The van der Waals surface area contributed by atoms with Crippen molar-refractivity contribution in [2.45, 2.75) is 0 Å². The molecule has 0 aliphatic carbocycles. The summed E-state index contributed by atoms with van der Waals surface area (Å²) < 4.78 is 39.0. The zero-order valence-electron chi connectivity index (χ0n) is 14.7. The smallest absolute Gasteiger partial charge is 0.255 e. The number of carbonyl (C=O) groups excluding carboxylic acids is 1. The van der Waals surface area contributed by atoms with Crippen molar-refractivity contribution in [3.05, 3.63) is 58.9 Å². The zero-order chi connectivity index (χ0) is 19.6. The van der Waals surface area contributed by atoms with Crippen LogP contribution in [0, 0.1) is 5.82 Å². The van der Waals surface area contributed by atoms with Crippen molar-refractivity contribution in [1.82, 2.24) is 4.90 Å². The van der Waals surface area contributed by atoms with Crippen LogP contribution in [0.2, 0.25) is 5.02 Å². The van der Waals surface area contributed by atoms with E-state index in [1.165, 1.54) is 24.3 Å². The lowest BCUT2D eigenvalue weighted by molar-refractivity contribution is 0.0747. The van der Waals surface area contributed by atoms with Crippen LogP contribution in [-0.4, -0.2) is 51.7 Å².